The summed E-state index contributed by atoms with van der Waals surface area (Å²) in [4.78, 5) is 4.13. The fourth-order valence-corrected chi connectivity index (χ4v) is 13.0. The smallest absolute Gasteiger partial charge is 0.0279 e. The number of benzene rings is 2. The zero-order chi connectivity index (χ0) is 27.8. The van der Waals surface area contributed by atoms with Crippen molar-refractivity contribution in [2.24, 2.45) is 0 Å². The highest BCUT2D eigenvalue weighted by molar-refractivity contribution is 7.60. The molecule has 202 valence electrons. The molecular formula is C34H51NP2. The molecule has 0 spiro atoms. The summed E-state index contributed by atoms with van der Waals surface area (Å²) in [6, 6.07) is 22.2. The molecule has 2 aromatic carbocycles. The maximum absolute atomic E-state index is 4.13. The zero-order valence-electron chi connectivity index (χ0n) is 25.6. The van der Waals surface area contributed by atoms with Gasteiger partial charge in [-0.1, -0.05) is 160 Å². The van der Waals surface area contributed by atoms with Gasteiger partial charge in [0.1, 0.15) is 0 Å². The van der Waals surface area contributed by atoms with Gasteiger partial charge in [0, 0.05) is 34.8 Å². The molecule has 1 nitrogen and oxygen atoms in total. The topological polar surface area (TPSA) is 15.8 Å². The molecule has 0 bridgehead atoms. The van der Waals surface area contributed by atoms with Crippen LogP contribution in [0.25, 0.3) is 22.3 Å². The van der Waals surface area contributed by atoms with Crippen LogP contribution in [-0.4, -0.2) is 25.6 Å². The number of hydrogen-bond acceptors (Lipinski definition) is 0. The molecule has 0 saturated heterocycles. The number of aromatic amines is 1. The summed E-state index contributed by atoms with van der Waals surface area (Å²) in [7, 11) is -0.570. The highest BCUT2D eigenvalue weighted by Gasteiger charge is 2.38. The molecule has 0 radical (unpaired) electrons. The second-order valence-corrected chi connectivity index (χ2v) is 22.1. The first-order valence-corrected chi connectivity index (χ1v) is 16.9. The molecule has 0 aliphatic rings. The molecule has 0 aliphatic carbocycles. The van der Waals surface area contributed by atoms with Crippen LogP contribution >= 0.6 is 15.8 Å². The third kappa shape index (κ3) is 7.37. The van der Waals surface area contributed by atoms with Crippen LogP contribution in [0.5, 0.6) is 0 Å². The van der Waals surface area contributed by atoms with Crippen LogP contribution < -0.4 is 0 Å². The summed E-state index contributed by atoms with van der Waals surface area (Å²) in [5.74, 6) is 0. The highest BCUT2D eigenvalue weighted by Crippen LogP contribution is 2.64. The Morgan fingerprint density at radius 3 is 0.973 bits per heavy atom. The minimum absolute atomic E-state index is 0.267. The summed E-state index contributed by atoms with van der Waals surface area (Å²) in [5.41, 5.74) is 8.34. The minimum atomic E-state index is -0.285. The SMILES string of the molecule is CC(C)(C)P(Cc1[nH]c(CP(C(C)(C)C)C(C)(C)C)c(-c2ccccc2)c1-c1ccccc1)C(C)(C)C. The molecule has 0 unspecified atom stereocenters. The first-order valence-electron chi connectivity index (χ1n) is 13.8. The largest absolute Gasteiger partial charge is 0.361 e. The third-order valence-electron chi connectivity index (χ3n) is 7.15. The van der Waals surface area contributed by atoms with Gasteiger partial charge in [-0.3, -0.25) is 0 Å². The summed E-state index contributed by atoms with van der Waals surface area (Å²) < 4.78 is 0. The molecule has 0 saturated carbocycles. The first-order chi connectivity index (χ1) is 16.9. The van der Waals surface area contributed by atoms with E-state index in [1.165, 1.54) is 33.6 Å². The fraction of sp³-hybridized carbons (Fsp3) is 0.529. The van der Waals surface area contributed by atoms with Gasteiger partial charge in [0.2, 0.25) is 0 Å². The van der Waals surface area contributed by atoms with Crippen LogP contribution in [0.4, 0.5) is 0 Å². The average molecular weight is 536 g/mol. The van der Waals surface area contributed by atoms with E-state index in [1.807, 2.05) is 0 Å². The Labute approximate surface area is 230 Å². The Kier molecular flexibility index (Phi) is 8.94. The van der Waals surface area contributed by atoms with Crippen LogP contribution in [0, 0.1) is 0 Å². The van der Waals surface area contributed by atoms with Gasteiger partial charge in [-0.2, -0.15) is 0 Å². The normalized spacial score (nSPS) is 13.6. The molecule has 1 heterocycles. The van der Waals surface area contributed by atoms with E-state index in [0.29, 0.717) is 0 Å². The van der Waals surface area contributed by atoms with Crippen molar-refractivity contribution in [1.82, 2.24) is 4.98 Å². The lowest BCUT2D eigenvalue weighted by molar-refractivity contribution is 0.700. The van der Waals surface area contributed by atoms with Crippen molar-refractivity contribution in [2.75, 3.05) is 0 Å². The maximum Gasteiger partial charge on any atom is 0.0279 e. The number of rotatable bonds is 6. The Bertz CT molecular complexity index is 1030. The lowest BCUT2D eigenvalue weighted by atomic mass is 9.95. The molecular weight excluding hydrogens is 484 g/mol. The molecule has 3 aromatic rings. The van der Waals surface area contributed by atoms with Crippen LogP contribution in [-0.2, 0) is 12.3 Å². The van der Waals surface area contributed by atoms with E-state index >= 15 is 0 Å². The van der Waals surface area contributed by atoms with Crippen molar-refractivity contribution in [3.63, 3.8) is 0 Å². The molecule has 3 heteroatoms. The van der Waals surface area contributed by atoms with Crippen molar-refractivity contribution in [3.8, 4) is 22.3 Å². The monoisotopic (exact) mass is 535 g/mol. The second kappa shape index (κ2) is 11.0. The zero-order valence-corrected chi connectivity index (χ0v) is 27.4. The van der Waals surface area contributed by atoms with Gasteiger partial charge in [-0.05, 0) is 31.8 Å². The number of H-pyrrole nitrogens is 1. The third-order valence-corrected chi connectivity index (χ3v) is 14.9. The van der Waals surface area contributed by atoms with E-state index in [9.17, 15) is 0 Å². The van der Waals surface area contributed by atoms with Gasteiger partial charge in [-0.25, -0.2) is 0 Å². The molecule has 37 heavy (non-hydrogen) atoms. The Balaban J connectivity index is 2.34. The van der Waals surface area contributed by atoms with Gasteiger partial charge >= 0.3 is 0 Å². The van der Waals surface area contributed by atoms with Gasteiger partial charge in [-0.15, -0.1) is 0 Å². The molecule has 0 fully saturated rings. The van der Waals surface area contributed by atoms with E-state index < -0.39 is 0 Å². The standard InChI is InChI=1S/C34H51NP2/c1-31(2,3)36(32(4,5)6)23-27-29(25-19-15-13-16-20-25)30(26-21-17-14-18-22-26)28(35-27)24-37(33(7,8)9)34(10,11)12/h13-22,35H,23-24H2,1-12H3. The summed E-state index contributed by atoms with van der Waals surface area (Å²) in [6.45, 7) is 29.2. The molecule has 3 rings (SSSR count). The molecule has 0 aliphatic heterocycles. The van der Waals surface area contributed by atoms with E-state index in [2.05, 4.69) is 149 Å². The van der Waals surface area contributed by atoms with E-state index in [0.717, 1.165) is 12.3 Å². The molecule has 1 aromatic heterocycles. The fourth-order valence-electron chi connectivity index (χ4n) is 5.97. The van der Waals surface area contributed by atoms with E-state index in [4.69, 9.17) is 0 Å². The predicted octanol–water partition coefficient (Wildman–Crippen LogP) is 11.5. The maximum atomic E-state index is 4.13. The average Bonchev–Trinajstić information content (AvgIpc) is 3.12. The van der Waals surface area contributed by atoms with Crippen molar-refractivity contribution in [1.29, 1.82) is 0 Å². The Morgan fingerprint density at radius 2 is 0.730 bits per heavy atom. The summed E-state index contributed by atoms with van der Waals surface area (Å²) in [5, 5.41) is 1.07. The van der Waals surface area contributed by atoms with Crippen molar-refractivity contribution in [3.05, 3.63) is 72.1 Å². The van der Waals surface area contributed by atoms with Crippen molar-refractivity contribution in [2.45, 2.75) is 116 Å². The van der Waals surface area contributed by atoms with Crippen LogP contribution in [0.3, 0.4) is 0 Å². The minimum Gasteiger partial charge on any atom is -0.361 e. The van der Waals surface area contributed by atoms with E-state index in [-0.39, 0.29) is 36.5 Å². The lowest BCUT2D eigenvalue weighted by Gasteiger charge is -2.42. The molecule has 1 N–H and O–H groups in total. The highest BCUT2D eigenvalue weighted by atomic mass is 31.1. The first kappa shape index (κ1) is 30.1. The molecule has 0 atom stereocenters. The van der Waals surface area contributed by atoms with Gasteiger partial charge in [0.15, 0.2) is 0 Å². The number of nitrogens with one attached hydrogen (secondary N) is 1. The Morgan fingerprint density at radius 1 is 0.459 bits per heavy atom. The number of hydrogen-bond donors (Lipinski definition) is 1. The predicted molar refractivity (Wildman–Crippen MR) is 172 cm³/mol. The second-order valence-electron chi connectivity index (χ2n) is 14.4. The van der Waals surface area contributed by atoms with Gasteiger partial charge < -0.3 is 4.98 Å². The molecule has 0 amide bonds. The van der Waals surface area contributed by atoms with Crippen molar-refractivity contribution < 1.29 is 0 Å². The summed E-state index contributed by atoms with van der Waals surface area (Å²) >= 11 is 0. The number of aromatic nitrogens is 1. The summed E-state index contributed by atoms with van der Waals surface area (Å²) in [6.07, 6.45) is 2.21. The Hall–Kier alpha value is -1.42. The van der Waals surface area contributed by atoms with Crippen LogP contribution in [0.2, 0.25) is 0 Å². The lowest BCUT2D eigenvalue weighted by Crippen LogP contribution is -2.26. The van der Waals surface area contributed by atoms with E-state index in [1.54, 1.807) is 0 Å². The van der Waals surface area contributed by atoms with Gasteiger partial charge in [0.25, 0.3) is 0 Å². The quantitative estimate of drug-likeness (QED) is 0.302. The van der Waals surface area contributed by atoms with Crippen molar-refractivity contribution >= 4 is 15.8 Å². The van der Waals surface area contributed by atoms with Gasteiger partial charge in [0.05, 0.1) is 0 Å². The van der Waals surface area contributed by atoms with Crippen LogP contribution in [0.15, 0.2) is 60.7 Å². The van der Waals surface area contributed by atoms with Crippen LogP contribution in [0.1, 0.15) is 94.5 Å².